The van der Waals surface area contributed by atoms with Crippen LogP contribution in [0.1, 0.15) is 22.5 Å². The van der Waals surface area contributed by atoms with Crippen molar-refractivity contribution in [2.24, 2.45) is 5.92 Å². The van der Waals surface area contributed by atoms with Gasteiger partial charge >= 0.3 is 5.97 Å². The Morgan fingerprint density at radius 2 is 2.00 bits per heavy atom. The molecule has 1 unspecified atom stereocenters. The van der Waals surface area contributed by atoms with Gasteiger partial charge in [-0.2, -0.15) is 0 Å². The van der Waals surface area contributed by atoms with E-state index in [0.29, 0.717) is 30.9 Å². The highest BCUT2D eigenvalue weighted by Crippen LogP contribution is 2.25. The fraction of sp³-hybridized carbons (Fsp3) is 0.312. The average molecular weight is 319 g/mol. The van der Waals surface area contributed by atoms with Crippen molar-refractivity contribution in [1.29, 1.82) is 0 Å². The van der Waals surface area contributed by atoms with Crippen LogP contribution in [0, 0.1) is 17.6 Å². The molecule has 0 aliphatic carbocycles. The highest BCUT2D eigenvalue weighted by molar-refractivity contribution is 5.85. The van der Waals surface area contributed by atoms with Crippen LogP contribution in [0.2, 0.25) is 0 Å². The number of benzene rings is 1. The standard InChI is InChI=1S/C16H15F2N3O2/c17-12-4-11(5-13(18)6-12)3-10-1-2-21(9-10)15-8-19-7-14(20-15)16(22)23/h4-8,10H,1-3,9H2,(H,22,23). The Labute approximate surface area is 131 Å². The molecule has 1 aliphatic heterocycles. The Balaban J connectivity index is 1.68. The molecule has 0 bridgehead atoms. The normalized spacial score (nSPS) is 17.5. The van der Waals surface area contributed by atoms with Crippen molar-refractivity contribution in [2.75, 3.05) is 18.0 Å². The first kappa shape index (κ1) is 15.3. The van der Waals surface area contributed by atoms with Crippen LogP contribution in [-0.2, 0) is 6.42 Å². The third kappa shape index (κ3) is 3.61. The highest BCUT2D eigenvalue weighted by atomic mass is 19.1. The fourth-order valence-electron chi connectivity index (χ4n) is 2.88. The summed E-state index contributed by atoms with van der Waals surface area (Å²) < 4.78 is 26.5. The topological polar surface area (TPSA) is 66.3 Å². The molecule has 0 radical (unpaired) electrons. The molecule has 3 rings (SSSR count). The van der Waals surface area contributed by atoms with Crippen molar-refractivity contribution >= 4 is 11.8 Å². The minimum absolute atomic E-state index is 0.0989. The van der Waals surface area contributed by atoms with Gasteiger partial charge in [-0.25, -0.2) is 18.6 Å². The number of carboxylic acids is 1. The highest BCUT2D eigenvalue weighted by Gasteiger charge is 2.24. The lowest BCUT2D eigenvalue weighted by Crippen LogP contribution is -2.22. The van der Waals surface area contributed by atoms with Gasteiger partial charge < -0.3 is 10.0 Å². The summed E-state index contributed by atoms with van der Waals surface area (Å²) in [5, 5.41) is 8.96. The van der Waals surface area contributed by atoms with E-state index in [-0.39, 0.29) is 11.6 Å². The van der Waals surface area contributed by atoms with Crippen LogP contribution in [0.5, 0.6) is 0 Å². The first-order chi connectivity index (χ1) is 11.0. The average Bonchev–Trinajstić information content (AvgIpc) is 2.95. The molecule has 0 spiro atoms. The number of nitrogens with zero attached hydrogens (tertiary/aromatic N) is 3. The summed E-state index contributed by atoms with van der Waals surface area (Å²) in [7, 11) is 0. The van der Waals surface area contributed by atoms with Gasteiger partial charge in [-0.1, -0.05) is 0 Å². The lowest BCUT2D eigenvalue weighted by Gasteiger charge is -2.17. The lowest BCUT2D eigenvalue weighted by molar-refractivity contribution is 0.0690. The molecule has 1 aromatic heterocycles. The van der Waals surface area contributed by atoms with Gasteiger partial charge in [0.2, 0.25) is 0 Å². The molecule has 2 heterocycles. The van der Waals surface area contributed by atoms with Crippen LogP contribution in [-0.4, -0.2) is 34.1 Å². The monoisotopic (exact) mass is 319 g/mol. The molecule has 7 heteroatoms. The van der Waals surface area contributed by atoms with Gasteiger partial charge in [-0.05, 0) is 36.5 Å². The SMILES string of the molecule is O=C(O)c1cncc(N2CCC(Cc3cc(F)cc(F)c3)C2)n1. The largest absolute Gasteiger partial charge is 0.476 e. The Hall–Kier alpha value is -2.57. The minimum atomic E-state index is -1.12. The van der Waals surface area contributed by atoms with Crippen molar-refractivity contribution in [1.82, 2.24) is 9.97 Å². The molecule has 0 saturated carbocycles. The Morgan fingerprint density at radius 1 is 1.26 bits per heavy atom. The predicted molar refractivity (Wildman–Crippen MR) is 79.4 cm³/mol. The third-order valence-corrected chi connectivity index (χ3v) is 3.90. The molecule has 1 atom stereocenters. The van der Waals surface area contributed by atoms with Crippen LogP contribution in [0.3, 0.4) is 0 Å². The van der Waals surface area contributed by atoms with Crippen molar-refractivity contribution in [2.45, 2.75) is 12.8 Å². The molecule has 2 aromatic rings. The summed E-state index contributed by atoms with van der Waals surface area (Å²) in [5.41, 5.74) is 0.526. The molecule has 5 nitrogen and oxygen atoms in total. The quantitative estimate of drug-likeness (QED) is 0.938. The van der Waals surface area contributed by atoms with E-state index in [2.05, 4.69) is 9.97 Å². The van der Waals surface area contributed by atoms with Crippen LogP contribution >= 0.6 is 0 Å². The molecular formula is C16H15F2N3O2. The second kappa shape index (κ2) is 6.28. The van der Waals surface area contributed by atoms with E-state index in [4.69, 9.17) is 5.11 Å². The summed E-state index contributed by atoms with van der Waals surface area (Å²) in [4.78, 5) is 20.9. The van der Waals surface area contributed by atoms with E-state index in [1.165, 1.54) is 24.5 Å². The number of aromatic nitrogens is 2. The van der Waals surface area contributed by atoms with E-state index < -0.39 is 17.6 Å². The summed E-state index contributed by atoms with van der Waals surface area (Å²) >= 11 is 0. The van der Waals surface area contributed by atoms with Crippen molar-refractivity contribution in [3.05, 3.63) is 53.5 Å². The number of rotatable bonds is 4. The number of hydrogen-bond donors (Lipinski definition) is 1. The van der Waals surface area contributed by atoms with Gasteiger partial charge in [0.15, 0.2) is 5.69 Å². The van der Waals surface area contributed by atoms with Gasteiger partial charge in [0.05, 0.1) is 12.4 Å². The molecule has 1 fully saturated rings. The molecule has 23 heavy (non-hydrogen) atoms. The van der Waals surface area contributed by atoms with Crippen molar-refractivity contribution in [3.63, 3.8) is 0 Å². The molecule has 1 aromatic carbocycles. The Kier molecular flexibility index (Phi) is 4.18. The Bertz CT molecular complexity index is 719. The minimum Gasteiger partial charge on any atom is -0.476 e. The summed E-state index contributed by atoms with van der Waals surface area (Å²) in [6.45, 7) is 1.36. The van der Waals surface area contributed by atoms with E-state index in [1.807, 2.05) is 4.90 Å². The molecule has 120 valence electrons. The van der Waals surface area contributed by atoms with Crippen LogP contribution in [0.4, 0.5) is 14.6 Å². The Morgan fingerprint density at radius 3 is 2.70 bits per heavy atom. The van der Waals surface area contributed by atoms with E-state index in [1.54, 1.807) is 0 Å². The zero-order valence-corrected chi connectivity index (χ0v) is 12.2. The second-order valence-corrected chi connectivity index (χ2v) is 5.65. The number of aromatic carboxylic acids is 1. The molecule has 1 aliphatic rings. The first-order valence-electron chi connectivity index (χ1n) is 7.26. The zero-order valence-electron chi connectivity index (χ0n) is 12.2. The van der Waals surface area contributed by atoms with Crippen LogP contribution in [0.25, 0.3) is 0 Å². The van der Waals surface area contributed by atoms with Gasteiger partial charge in [0.1, 0.15) is 17.5 Å². The van der Waals surface area contributed by atoms with E-state index in [9.17, 15) is 13.6 Å². The van der Waals surface area contributed by atoms with Gasteiger partial charge in [-0.3, -0.25) is 4.98 Å². The third-order valence-electron chi connectivity index (χ3n) is 3.90. The summed E-state index contributed by atoms with van der Waals surface area (Å²) in [6, 6.07) is 3.55. The molecule has 1 N–H and O–H groups in total. The van der Waals surface area contributed by atoms with Gasteiger partial charge in [0.25, 0.3) is 0 Å². The zero-order chi connectivity index (χ0) is 16.4. The van der Waals surface area contributed by atoms with Gasteiger partial charge in [-0.15, -0.1) is 0 Å². The number of carbonyl (C=O) groups is 1. The molecule has 1 saturated heterocycles. The molecular weight excluding hydrogens is 304 g/mol. The van der Waals surface area contributed by atoms with Crippen LogP contribution < -0.4 is 4.90 Å². The van der Waals surface area contributed by atoms with E-state index >= 15 is 0 Å². The van der Waals surface area contributed by atoms with Crippen molar-refractivity contribution < 1.29 is 18.7 Å². The maximum atomic E-state index is 13.2. The summed E-state index contributed by atoms with van der Waals surface area (Å²) in [5.74, 6) is -1.53. The second-order valence-electron chi connectivity index (χ2n) is 5.65. The first-order valence-corrected chi connectivity index (χ1v) is 7.26. The molecule has 0 amide bonds. The van der Waals surface area contributed by atoms with Gasteiger partial charge in [0, 0.05) is 19.2 Å². The fourth-order valence-corrected chi connectivity index (χ4v) is 2.88. The number of hydrogen-bond acceptors (Lipinski definition) is 4. The van der Waals surface area contributed by atoms with Crippen LogP contribution in [0.15, 0.2) is 30.6 Å². The summed E-state index contributed by atoms with van der Waals surface area (Å²) in [6.07, 6.45) is 4.14. The predicted octanol–water partition coefficient (Wildman–Crippen LogP) is 2.52. The lowest BCUT2D eigenvalue weighted by atomic mass is 9.98. The maximum absolute atomic E-state index is 13.2. The number of halogens is 2. The van der Waals surface area contributed by atoms with E-state index in [0.717, 1.165) is 12.5 Å². The number of anilines is 1. The maximum Gasteiger partial charge on any atom is 0.356 e. The van der Waals surface area contributed by atoms with Crippen molar-refractivity contribution in [3.8, 4) is 0 Å². The smallest absolute Gasteiger partial charge is 0.356 e. The number of carboxylic acid groups (broad SMARTS) is 1.